The lowest BCUT2D eigenvalue weighted by Gasteiger charge is -2.21. The Labute approximate surface area is 144 Å². The van der Waals surface area contributed by atoms with Gasteiger partial charge in [0.05, 0.1) is 11.0 Å². The number of hydrogen-bond donors (Lipinski definition) is 1. The largest absolute Gasteiger partial charge is 0.452 e. The van der Waals surface area contributed by atoms with Crippen molar-refractivity contribution in [2.75, 3.05) is 6.61 Å². The van der Waals surface area contributed by atoms with Gasteiger partial charge in [-0.15, -0.1) is 0 Å². The van der Waals surface area contributed by atoms with Gasteiger partial charge in [0, 0.05) is 18.2 Å². The molecule has 8 nitrogen and oxygen atoms in total. The third-order valence-electron chi connectivity index (χ3n) is 3.91. The number of non-ortho nitro benzene ring substituents is 1. The van der Waals surface area contributed by atoms with Crippen LogP contribution in [0.15, 0.2) is 30.3 Å². The second-order valence-electron chi connectivity index (χ2n) is 5.74. The molecular formula is C17H17N3O5. The Morgan fingerprint density at radius 3 is 2.52 bits per heavy atom. The Bertz CT molecular complexity index is 728. The van der Waals surface area contributed by atoms with E-state index >= 15 is 0 Å². The van der Waals surface area contributed by atoms with Gasteiger partial charge in [0.1, 0.15) is 5.54 Å². The van der Waals surface area contributed by atoms with Crippen molar-refractivity contribution in [1.29, 1.82) is 5.26 Å². The maximum atomic E-state index is 11.8. The highest BCUT2D eigenvalue weighted by atomic mass is 16.6. The predicted octanol–water partition coefficient (Wildman–Crippen LogP) is 2.10. The zero-order valence-corrected chi connectivity index (χ0v) is 13.4. The van der Waals surface area contributed by atoms with Gasteiger partial charge in [-0.1, -0.05) is 0 Å². The molecule has 0 atom stereocenters. The smallest absolute Gasteiger partial charge is 0.331 e. The van der Waals surface area contributed by atoms with Crippen LogP contribution in [0.3, 0.4) is 0 Å². The molecule has 1 fully saturated rings. The van der Waals surface area contributed by atoms with E-state index in [1.807, 2.05) is 0 Å². The molecule has 0 bridgehead atoms. The summed E-state index contributed by atoms with van der Waals surface area (Å²) in [6.07, 6.45) is 5.52. The van der Waals surface area contributed by atoms with E-state index in [1.54, 1.807) is 0 Å². The van der Waals surface area contributed by atoms with Crippen LogP contribution in [0.4, 0.5) is 5.69 Å². The van der Waals surface area contributed by atoms with Crippen molar-refractivity contribution in [3.63, 3.8) is 0 Å². The number of rotatable bonds is 6. The van der Waals surface area contributed by atoms with Crippen LogP contribution in [0.2, 0.25) is 0 Å². The summed E-state index contributed by atoms with van der Waals surface area (Å²) in [5.74, 6) is -1.23. The summed E-state index contributed by atoms with van der Waals surface area (Å²) in [4.78, 5) is 33.5. The fourth-order valence-corrected chi connectivity index (χ4v) is 2.60. The van der Waals surface area contributed by atoms with E-state index in [0.29, 0.717) is 18.4 Å². The fraction of sp³-hybridized carbons (Fsp3) is 0.353. The van der Waals surface area contributed by atoms with E-state index in [1.165, 1.54) is 30.3 Å². The first-order valence-electron chi connectivity index (χ1n) is 7.76. The average molecular weight is 343 g/mol. The first-order valence-corrected chi connectivity index (χ1v) is 7.76. The second kappa shape index (κ2) is 8.06. The van der Waals surface area contributed by atoms with Crippen molar-refractivity contribution in [1.82, 2.24) is 5.32 Å². The number of ether oxygens (including phenoxy) is 1. The van der Waals surface area contributed by atoms with Crippen molar-refractivity contribution in [3.05, 3.63) is 46.0 Å². The number of nitro benzene ring substituents is 1. The van der Waals surface area contributed by atoms with Gasteiger partial charge in [0.15, 0.2) is 6.61 Å². The van der Waals surface area contributed by atoms with Gasteiger partial charge in [-0.3, -0.25) is 14.9 Å². The minimum atomic E-state index is -0.849. The molecule has 0 radical (unpaired) electrons. The molecule has 0 heterocycles. The van der Waals surface area contributed by atoms with Crippen molar-refractivity contribution >= 4 is 23.6 Å². The van der Waals surface area contributed by atoms with Crippen LogP contribution in [0.25, 0.3) is 6.08 Å². The quantitative estimate of drug-likeness (QED) is 0.365. The zero-order chi connectivity index (χ0) is 18.3. The molecule has 1 aromatic rings. The molecule has 0 unspecified atom stereocenters. The fourth-order valence-electron chi connectivity index (χ4n) is 2.60. The molecule has 1 N–H and O–H groups in total. The third-order valence-corrected chi connectivity index (χ3v) is 3.91. The number of nitrogens with one attached hydrogen (secondary N) is 1. The molecule has 1 aliphatic carbocycles. The first kappa shape index (κ1) is 18.1. The number of nitriles is 1. The summed E-state index contributed by atoms with van der Waals surface area (Å²) in [7, 11) is 0. The number of carbonyl (C=O) groups excluding carboxylic acids is 2. The minimum Gasteiger partial charge on any atom is -0.452 e. The van der Waals surface area contributed by atoms with E-state index in [-0.39, 0.29) is 5.69 Å². The summed E-state index contributed by atoms with van der Waals surface area (Å²) in [6, 6.07) is 7.75. The van der Waals surface area contributed by atoms with E-state index in [0.717, 1.165) is 18.9 Å². The molecule has 25 heavy (non-hydrogen) atoms. The molecule has 8 heteroatoms. The summed E-state index contributed by atoms with van der Waals surface area (Å²) in [5, 5.41) is 22.4. The molecular weight excluding hydrogens is 326 g/mol. The van der Waals surface area contributed by atoms with Gasteiger partial charge in [0.25, 0.3) is 11.6 Å². The molecule has 0 saturated heterocycles. The van der Waals surface area contributed by atoms with Gasteiger partial charge < -0.3 is 10.1 Å². The SMILES string of the molecule is N#CC1(NC(=O)COC(=O)/C=C/c2ccc([N+](=O)[O-])cc2)CCCC1. The van der Waals surface area contributed by atoms with Crippen LogP contribution in [0, 0.1) is 21.4 Å². The van der Waals surface area contributed by atoms with Crippen LogP contribution < -0.4 is 5.32 Å². The zero-order valence-electron chi connectivity index (χ0n) is 13.4. The van der Waals surface area contributed by atoms with Crippen LogP contribution in [-0.4, -0.2) is 28.9 Å². The Balaban J connectivity index is 1.81. The van der Waals surface area contributed by atoms with Crippen LogP contribution in [0.1, 0.15) is 31.2 Å². The van der Waals surface area contributed by atoms with Crippen LogP contribution in [-0.2, 0) is 14.3 Å². The Morgan fingerprint density at radius 2 is 1.96 bits per heavy atom. The topological polar surface area (TPSA) is 122 Å². The monoisotopic (exact) mass is 343 g/mol. The summed E-state index contributed by atoms with van der Waals surface area (Å²) >= 11 is 0. The highest BCUT2D eigenvalue weighted by molar-refractivity contribution is 5.89. The lowest BCUT2D eigenvalue weighted by Crippen LogP contribution is -2.46. The van der Waals surface area contributed by atoms with Gasteiger partial charge in [-0.2, -0.15) is 5.26 Å². The number of carbonyl (C=O) groups is 2. The standard InChI is InChI=1S/C17H17N3O5/c18-12-17(9-1-2-10-17)19-15(21)11-25-16(22)8-5-13-3-6-14(7-4-13)20(23)24/h3-8H,1-2,9-11H2,(H,19,21)/b8-5+. The second-order valence-corrected chi connectivity index (χ2v) is 5.74. The van der Waals surface area contributed by atoms with Crippen LogP contribution in [0.5, 0.6) is 0 Å². The Kier molecular flexibility index (Phi) is 5.84. The summed E-state index contributed by atoms with van der Waals surface area (Å²) < 4.78 is 4.83. The van der Waals surface area contributed by atoms with E-state index in [9.17, 15) is 25.0 Å². The molecule has 0 aliphatic heterocycles. The molecule has 0 spiro atoms. The number of nitrogens with zero attached hydrogens (tertiary/aromatic N) is 2. The maximum Gasteiger partial charge on any atom is 0.331 e. The minimum absolute atomic E-state index is 0.0465. The normalized spacial score (nSPS) is 15.5. The predicted molar refractivity (Wildman–Crippen MR) is 88.0 cm³/mol. The molecule has 0 aromatic heterocycles. The van der Waals surface area contributed by atoms with Crippen molar-refractivity contribution in [2.45, 2.75) is 31.2 Å². The molecule has 1 aliphatic rings. The van der Waals surface area contributed by atoms with E-state index in [2.05, 4.69) is 11.4 Å². The van der Waals surface area contributed by atoms with Gasteiger partial charge in [-0.05, 0) is 49.5 Å². The number of benzene rings is 1. The summed E-state index contributed by atoms with van der Waals surface area (Å²) in [5.41, 5.74) is -0.311. The van der Waals surface area contributed by atoms with Gasteiger partial charge in [0.2, 0.25) is 0 Å². The molecule has 130 valence electrons. The maximum absolute atomic E-state index is 11.8. The highest BCUT2D eigenvalue weighted by Gasteiger charge is 2.35. The molecule has 2 rings (SSSR count). The highest BCUT2D eigenvalue weighted by Crippen LogP contribution is 2.28. The lowest BCUT2D eigenvalue weighted by atomic mass is 10.00. The van der Waals surface area contributed by atoms with Gasteiger partial charge >= 0.3 is 5.97 Å². The first-order chi connectivity index (χ1) is 11.9. The number of hydrogen-bond acceptors (Lipinski definition) is 6. The van der Waals surface area contributed by atoms with E-state index < -0.39 is 28.9 Å². The van der Waals surface area contributed by atoms with Crippen LogP contribution >= 0.6 is 0 Å². The molecule has 1 saturated carbocycles. The summed E-state index contributed by atoms with van der Waals surface area (Å²) in [6.45, 7) is -0.465. The Hall–Kier alpha value is -3.21. The molecule has 1 aromatic carbocycles. The number of amides is 1. The van der Waals surface area contributed by atoms with Gasteiger partial charge in [-0.25, -0.2) is 4.79 Å². The number of nitro groups is 1. The Morgan fingerprint density at radius 1 is 1.32 bits per heavy atom. The average Bonchev–Trinajstić information content (AvgIpc) is 3.07. The molecule has 1 amide bonds. The van der Waals surface area contributed by atoms with Crippen molar-refractivity contribution in [2.24, 2.45) is 0 Å². The van der Waals surface area contributed by atoms with Crippen molar-refractivity contribution < 1.29 is 19.2 Å². The third kappa shape index (κ3) is 5.14. The lowest BCUT2D eigenvalue weighted by molar-refractivity contribution is -0.384. The van der Waals surface area contributed by atoms with E-state index in [4.69, 9.17) is 4.74 Å². The number of esters is 1. The van der Waals surface area contributed by atoms with Crippen molar-refractivity contribution in [3.8, 4) is 6.07 Å².